The highest BCUT2D eigenvalue weighted by molar-refractivity contribution is 7.13. The van der Waals surface area contributed by atoms with Crippen LogP contribution in [0.1, 0.15) is 19.5 Å². The Morgan fingerprint density at radius 1 is 1.28 bits per heavy atom. The van der Waals surface area contributed by atoms with Crippen molar-refractivity contribution in [3.8, 4) is 10.6 Å². The van der Waals surface area contributed by atoms with Crippen LogP contribution in [-0.2, 0) is 20.9 Å². The van der Waals surface area contributed by atoms with Crippen LogP contribution in [0, 0.1) is 0 Å². The summed E-state index contributed by atoms with van der Waals surface area (Å²) in [4.78, 5) is 41.0. The van der Waals surface area contributed by atoms with Crippen molar-refractivity contribution in [2.24, 2.45) is 0 Å². The SMILES string of the molecule is CC1(C)NC(=O)N(CC(=O)OCc2csc(-c3ccccc3)n2)C1=O. The molecular formula is C17H17N3O4S. The largest absolute Gasteiger partial charge is 0.458 e. The smallest absolute Gasteiger partial charge is 0.326 e. The van der Waals surface area contributed by atoms with E-state index in [1.54, 1.807) is 13.8 Å². The fraction of sp³-hybridized carbons (Fsp3) is 0.294. The number of imide groups is 1. The van der Waals surface area contributed by atoms with E-state index in [2.05, 4.69) is 10.3 Å². The molecule has 0 bridgehead atoms. The van der Waals surface area contributed by atoms with E-state index in [0.717, 1.165) is 15.5 Å². The minimum atomic E-state index is -1.00. The molecule has 3 rings (SSSR count). The summed E-state index contributed by atoms with van der Waals surface area (Å²) in [5.74, 6) is -1.11. The van der Waals surface area contributed by atoms with Crippen LogP contribution in [0.25, 0.3) is 10.6 Å². The second-order valence-corrected chi connectivity index (χ2v) is 6.98. The minimum Gasteiger partial charge on any atom is -0.458 e. The van der Waals surface area contributed by atoms with Crippen LogP contribution in [0.5, 0.6) is 0 Å². The number of esters is 1. The van der Waals surface area contributed by atoms with Crippen LogP contribution >= 0.6 is 11.3 Å². The van der Waals surface area contributed by atoms with Gasteiger partial charge >= 0.3 is 12.0 Å². The van der Waals surface area contributed by atoms with Gasteiger partial charge in [-0.1, -0.05) is 30.3 Å². The minimum absolute atomic E-state index is 0.00475. The standard InChI is InChI=1S/C17H17N3O4S/c1-17(2)15(22)20(16(23)19-17)8-13(21)24-9-12-10-25-14(18-12)11-6-4-3-5-7-11/h3-7,10H,8-9H2,1-2H3,(H,19,23). The van der Waals surface area contributed by atoms with E-state index >= 15 is 0 Å². The molecule has 0 radical (unpaired) electrons. The number of rotatable bonds is 5. The molecule has 3 amide bonds. The summed E-state index contributed by atoms with van der Waals surface area (Å²) >= 11 is 1.46. The molecule has 130 valence electrons. The van der Waals surface area contributed by atoms with Crippen molar-refractivity contribution in [2.75, 3.05) is 6.54 Å². The molecular weight excluding hydrogens is 342 g/mol. The fourth-order valence-corrected chi connectivity index (χ4v) is 3.19. The first kappa shape index (κ1) is 17.1. The van der Waals surface area contributed by atoms with Crippen molar-refractivity contribution in [1.82, 2.24) is 15.2 Å². The number of urea groups is 1. The Kier molecular flexibility index (Phi) is 4.54. The van der Waals surface area contributed by atoms with Crippen molar-refractivity contribution >= 4 is 29.2 Å². The van der Waals surface area contributed by atoms with Crippen LogP contribution in [0.2, 0.25) is 0 Å². The average Bonchev–Trinajstić information content (AvgIpc) is 3.13. The second-order valence-electron chi connectivity index (χ2n) is 6.12. The second kappa shape index (κ2) is 6.64. The zero-order valence-electron chi connectivity index (χ0n) is 13.8. The molecule has 25 heavy (non-hydrogen) atoms. The molecule has 8 heteroatoms. The predicted molar refractivity (Wildman–Crippen MR) is 91.7 cm³/mol. The number of thiazole rings is 1. The summed E-state index contributed by atoms with van der Waals surface area (Å²) in [5, 5.41) is 5.16. The number of carbonyl (C=O) groups excluding carboxylic acids is 3. The molecule has 2 aromatic rings. The van der Waals surface area contributed by atoms with Gasteiger partial charge in [0.1, 0.15) is 23.7 Å². The third-order valence-electron chi connectivity index (χ3n) is 3.69. The summed E-state index contributed by atoms with van der Waals surface area (Å²) in [6, 6.07) is 9.09. The lowest BCUT2D eigenvalue weighted by molar-refractivity contribution is -0.148. The molecule has 1 N–H and O–H groups in total. The maximum absolute atomic E-state index is 12.0. The Labute approximate surface area is 148 Å². The van der Waals surface area contributed by atoms with Crippen molar-refractivity contribution < 1.29 is 19.1 Å². The summed E-state index contributed by atoms with van der Waals surface area (Å²) in [7, 11) is 0. The number of ether oxygens (including phenoxy) is 1. The number of nitrogens with zero attached hydrogens (tertiary/aromatic N) is 2. The van der Waals surface area contributed by atoms with Crippen LogP contribution in [0.4, 0.5) is 4.79 Å². The summed E-state index contributed by atoms with van der Waals surface area (Å²) in [6.07, 6.45) is 0. The highest BCUT2D eigenvalue weighted by Crippen LogP contribution is 2.23. The molecule has 0 aliphatic carbocycles. The molecule has 1 aromatic carbocycles. The molecule has 0 unspecified atom stereocenters. The van der Waals surface area contributed by atoms with E-state index in [9.17, 15) is 14.4 Å². The van der Waals surface area contributed by atoms with Gasteiger partial charge in [0.2, 0.25) is 0 Å². The van der Waals surface area contributed by atoms with Gasteiger partial charge in [0.05, 0.1) is 5.69 Å². The van der Waals surface area contributed by atoms with Gasteiger partial charge in [-0.15, -0.1) is 11.3 Å². The van der Waals surface area contributed by atoms with Gasteiger partial charge in [-0.2, -0.15) is 0 Å². The van der Waals surface area contributed by atoms with Crippen molar-refractivity contribution in [3.05, 3.63) is 41.4 Å². The first-order valence-corrected chi connectivity index (χ1v) is 8.54. The average molecular weight is 359 g/mol. The number of hydrogen-bond donors (Lipinski definition) is 1. The van der Waals surface area contributed by atoms with E-state index in [0.29, 0.717) is 5.69 Å². The Morgan fingerprint density at radius 2 is 2.00 bits per heavy atom. The molecule has 1 saturated heterocycles. The maximum atomic E-state index is 12.0. The Hall–Kier alpha value is -2.74. The first-order valence-electron chi connectivity index (χ1n) is 7.66. The Balaban J connectivity index is 1.56. The molecule has 1 aliphatic rings. The Bertz CT molecular complexity index is 816. The molecule has 7 nitrogen and oxygen atoms in total. The molecule has 1 aromatic heterocycles. The van der Waals surface area contributed by atoms with Crippen molar-refractivity contribution in [1.29, 1.82) is 0 Å². The normalized spacial score (nSPS) is 16.0. The number of amides is 3. The van der Waals surface area contributed by atoms with Crippen LogP contribution in [0.3, 0.4) is 0 Å². The van der Waals surface area contributed by atoms with E-state index in [-0.39, 0.29) is 6.61 Å². The van der Waals surface area contributed by atoms with E-state index in [1.165, 1.54) is 11.3 Å². The van der Waals surface area contributed by atoms with Crippen LogP contribution < -0.4 is 5.32 Å². The molecule has 1 fully saturated rings. The number of benzene rings is 1. The molecule has 1 aliphatic heterocycles. The number of hydrogen-bond acceptors (Lipinski definition) is 6. The highest BCUT2D eigenvalue weighted by Gasteiger charge is 2.45. The van der Waals surface area contributed by atoms with Crippen LogP contribution in [-0.4, -0.2) is 39.9 Å². The molecule has 0 atom stereocenters. The van der Waals surface area contributed by atoms with Gasteiger partial charge in [0.15, 0.2) is 0 Å². The van der Waals surface area contributed by atoms with Gasteiger partial charge in [-0.3, -0.25) is 14.5 Å². The fourth-order valence-electron chi connectivity index (χ4n) is 2.38. The van der Waals surface area contributed by atoms with Gasteiger partial charge in [-0.05, 0) is 13.8 Å². The van der Waals surface area contributed by atoms with E-state index in [1.807, 2.05) is 35.7 Å². The monoisotopic (exact) mass is 359 g/mol. The summed E-state index contributed by atoms with van der Waals surface area (Å²) < 4.78 is 5.14. The molecule has 0 spiro atoms. The molecule has 0 saturated carbocycles. The van der Waals surface area contributed by atoms with Gasteiger partial charge in [0.25, 0.3) is 5.91 Å². The molecule has 2 heterocycles. The van der Waals surface area contributed by atoms with E-state index in [4.69, 9.17) is 4.74 Å². The zero-order chi connectivity index (χ0) is 18.0. The van der Waals surface area contributed by atoms with Crippen molar-refractivity contribution in [3.63, 3.8) is 0 Å². The van der Waals surface area contributed by atoms with Crippen LogP contribution in [0.15, 0.2) is 35.7 Å². The third kappa shape index (κ3) is 3.69. The van der Waals surface area contributed by atoms with Gasteiger partial charge < -0.3 is 10.1 Å². The zero-order valence-corrected chi connectivity index (χ0v) is 14.6. The van der Waals surface area contributed by atoms with Gasteiger partial charge in [0, 0.05) is 10.9 Å². The third-order valence-corrected chi connectivity index (χ3v) is 4.63. The maximum Gasteiger partial charge on any atom is 0.326 e. The topological polar surface area (TPSA) is 88.6 Å². The number of nitrogens with one attached hydrogen (secondary N) is 1. The lowest BCUT2D eigenvalue weighted by atomic mass is 10.1. The highest BCUT2D eigenvalue weighted by atomic mass is 32.1. The predicted octanol–water partition coefficient (Wildman–Crippen LogP) is 2.18. The lowest BCUT2D eigenvalue weighted by Gasteiger charge is -2.15. The summed E-state index contributed by atoms with van der Waals surface area (Å²) in [6.45, 7) is 2.75. The quantitative estimate of drug-likeness (QED) is 0.653. The van der Waals surface area contributed by atoms with Crippen molar-refractivity contribution in [2.45, 2.75) is 26.0 Å². The summed E-state index contributed by atoms with van der Waals surface area (Å²) in [5.41, 5.74) is 0.609. The van der Waals surface area contributed by atoms with Gasteiger partial charge in [-0.25, -0.2) is 9.78 Å². The Morgan fingerprint density at radius 3 is 2.64 bits per heavy atom. The number of aromatic nitrogens is 1. The first-order chi connectivity index (χ1) is 11.9. The lowest BCUT2D eigenvalue weighted by Crippen LogP contribution is -2.41. The van der Waals surface area contributed by atoms with E-state index < -0.39 is 30.0 Å². The number of carbonyl (C=O) groups is 3.